The number of para-hydroxylation sites is 1. The van der Waals surface area contributed by atoms with E-state index < -0.39 is 0 Å². The van der Waals surface area contributed by atoms with Crippen LogP contribution < -0.4 is 5.73 Å². The number of unbranched alkanes of at least 4 members (excludes halogenated alkanes) is 2. The molecule has 0 radical (unpaired) electrons. The first-order chi connectivity index (χ1) is 6.25. The van der Waals surface area contributed by atoms with Crippen molar-refractivity contribution >= 4 is 5.69 Å². The Morgan fingerprint density at radius 3 is 2.69 bits per heavy atom. The van der Waals surface area contributed by atoms with Gasteiger partial charge in [-0.15, -0.1) is 0 Å². The van der Waals surface area contributed by atoms with E-state index in [-0.39, 0.29) is 0 Å². The van der Waals surface area contributed by atoms with Gasteiger partial charge in [0.1, 0.15) is 0 Å². The van der Waals surface area contributed by atoms with Crippen molar-refractivity contribution in [2.75, 3.05) is 5.73 Å². The van der Waals surface area contributed by atoms with E-state index in [2.05, 4.69) is 32.0 Å². The van der Waals surface area contributed by atoms with Crippen molar-refractivity contribution in [2.45, 2.75) is 39.5 Å². The Kier molecular flexibility index (Phi) is 3.81. The SMILES string of the molecule is CCCCCc1cccc(C)c1N. The van der Waals surface area contributed by atoms with E-state index in [1.807, 2.05) is 0 Å². The van der Waals surface area contributed by atoms with Crippen molar-refractivity contribution in [1.29, 1.82) is 0 Å². The monoisotopic (exact) mass is 177 g/mol. The summed E-state index contributed by atoms with van der Waals surface area (Å²) >= 11 is 0. The van der Waals surface area contributed by atoms with Crippen LogP contribution in [0, 0.1) is 6.92 Å². The van der Waals surface area contributed by atoms with Crippen LogP contribution in [-0.2, 0) is 6.42 Å². The highest BCUT2D eigenvalue weighted by atomic mass is 14.6. The summed E-state index contributed by atoms with van der Waals surface area (Å²) in [5.74, 6) is 0. The Bertz CT molecular complexity index is 266. The Balaban J connectivity index is 2.61. The molecule has 0 aliphatic carbocycles. The molecule has 0 bridgehead atoms. The van der Waals surface area contributed by atoms with Crippen LogP contribution in [-0.4, -0.2) is 0 Å². The molecule has 0 spiro atoms. The number of nitrogen functional groups attached to an aromatic ring is 1. The molecule has 72 valence electrons. The fourth-order valence-electron chi connectivity index (χ4n) is 1.52. The maximum Gasteiger partial charge on any atom is 0.0376 e. The molecule has 2 N–H and O–H groups in total. The van der Waals surface area contributed by atoms with Gasteiger partial charge in [-0.25, -0.2) is 0 Å². The predicted octanol–water partition coefficient (Wildman–Crippen LogP) is 3.31. The maximum atomic E-state index is 5.96. The first kappa shape index (κ1) is 10.1. The number of hydrogen-bond donors (Lipinski definition) is 1. The van der Waals surface area contributed by atoms with Crippen LogP contribution in [0.1, 0.15) is 37.3 Å². The van der Waals surface area contributed by atoms with Crippen molar-refractivity contribution in [3.8, 4) is 0 Å². The van der Waals surface area contributed by atoms with Gasteiger partial charge in [0.2, 0.25) is 0 Å². The number of nitrogens with two attached hydrogens (primary N) is 1. The zero-order chi connectivity index (χ0) is 9.68. The standard InChI is InChI=1S/C12H19N/c1-3-4-5-8-11-9-6-7-10(2)12(11)13/h6-7,9H,3-5,8,13H2,1-2H3. The van der Waals surface area contributed by atoms with Crippen LogP contribution in [0.3, 0.4) is 0 Å². The molecule has 0 unspecified atom stereocenters. The zero-order valence-corrected chi connectivity index (χ0v) is 8.64. The van der Waals surface area contributed by atoms with Gasteiger partial charge in [-0.2, -0.15) is 0 Å². The summed E-state index contributed by atoms with van der Waals surface area (Å²) in [6.45, 7) is 4.29. The molecule has 0 saturated heterocycles. The summed E-state index contributed by atoms with van der Waals surface area (Å²) in [6.07, 6.45) is 4.95. The summed E-state index contributed by atoms with van der Waals surface area (Å²) in [5.41, 5.74) is 9.47. The molecule has 0 heterocycles. The summed E-state index contributed by atoms with van der Waals surface area (Å²) in [7, 11) is 0. The van der Waals surface area contributed by atoms with Gasteiger partial charge in [0, 0.05) is 5.69 Å². The molecule has 0 amide bonds. The Morgan fingerprint density at radius 1 is 1.23 bits per heavy atom. The van der Waals surface area contributed by atoms with E-state index in [4.69, 9.17) is 5.73 Å². The molecule has 1 heteroatoms. The third-order valence-corrected chi connectivity index (χ3v) is 2.46. The van der Waals surface area contributed by atoms with E-state index in [0.717, 1.165) is 12.1 Å². The largest absolute Gasteiger partial charge is 0.398 e. The molecule has 13 heavy (non-hydrogen) atoms. The van der Waals surface area contributed by atoms with Gasteiger partial charge < -0.3 is 5.73 Å². The number of anilines is 1. The average molecular weight is 177 g/mol. The van der Waals surface area contributed by atoms with Crippen molar-refractivity contribution in [3.63, 3.8) is 0 Å². The Labute approximate surface area is 81.0 Å². The van der Waals surface area contributed by atoms with Crippen LogP contribution in [0.4, 0.5) is 5.69 Å². The van der Waals surface area contributed by atoms with Gasteiger partial charge in [0.05, 0.1) is 0 Å². The van der Waals surface area contributed by atoms with Gasteiger partial charge in [0.25, 0.3) is 0 Å². The third kappa shape index (κ3) is 2.76. The number of hydrogen-bond acceptors (Lipinski definition) is 1. The van der Waals surface area contributed by atoms with Gasteiger partial charge in [0.15, 0.2) is 0 Å². The van der Waals surface area contributed by atoms with Crippen molar-refractivity contribution in [3.05, 3.63) is 29.3 Å². The van der Waals surface area contributed by atoms with E-state index in [9.17, 15) is 0 Å². The molecular formula is C12H19N. The molecule has 0 atom stereocenters. The molecule has 0 aromatic heterocycles. The van der Waals surface area contributed by atoms with Crippen LogP contribution in [0.5, 0.6) is 0 Å². The Morgan fingerprint density at radius 2 is 2.00 bits per heavy atom. The predicted molar refractivity (Wildman–Crippen MR) is 58.8 cm³/mol. The lowest BCUT2D eigenvalue weighted by Gasteiger charge is -2.07. The fraction of sp³-hybridized carbons (Fsp3) is 0.500. The normalized spacial score (nSPS) is 10.3. The minimum atomic E-state index is 0.985. The minimum absolute atomic E-state index is 0.985. The topological polar surface area (TPSA) is 26.0 Å². The molecule has 1 rings (SSSR count). The highest BCUT2D eigenvalue weighted by Gasteiger charge is 2.00. The van der Waals surface area contributed by atoms with E-state index in [1.54, 1.807) is 0 Å². The average Bonchev–Trinajstić information content (AvgIpc) is 2.13. The first-order valence-corrected chi connectivity index (χ1v) is 5.09. The Hall–Kier alpha value is -0.980. The maximum absolute atomic E-state index is 5.96. The van der Waals surface area contributed by atoms with Crippen LogP contribution in [0.2, 0.25) is 0 Å². The fourth-order valence-corrected chi connectivity index (χ4v) is 1.52. The van der Waals surface area contributed by atoms with Crippen molar-refractivity contribution < 1.29 is 0 Å². The second-order valence-electron chi connectivity index (χ2n) is 3.60. The second-order valence-corrected chi connectivity index (χ2v) is 3.60. The van der Waals surface area contributed by atoms with E-state index in [1.165, 1.54) is 30.4 Å². The minimum Gasteiger partial charge on any atom is -0.398 e. The van der Waals surface area contributed by atoms with Crippen LogP contribution >= 0.6 is 0 Å². The number of rotatable bonds is 4. The summed E-state index contributed by atoms with van der Waals surface area (Å²) < 4.78 is 0. The number of aryl methyl sites for hydroxylation is 2. The van der Waals surface area contributed by atoms with Crippen LogP contribution in [0.15, 0.2) is 18.2 Å². The highest BCUT2D eigenvalue weighted by molar-refractivity contribution is 5.53. The van der Waals surface area contributed by atoms with Gasteiger partial charge in [-0.3, -0.25) is 0 Å². The van der Waals surface area contributed by atoms with Gasteiger partial charge in [-0.05, 0) is 30.9 Å². The van der Waals surface area contributed by atoms with E-state index >= 15 is 0 Å². The molecule has 0 aliphatic rings. The van der Waals surface area contributed by atoms with Crippen molar-refractivity contribution in [2.24, 2.45) is 0 Å². The smallest absolute Gasteiger partial charge is 0.0376 e. The summed E-state index contributed by atoms with van der Waals surface area (Å²) in [4.78, 5) is 0. The number of benzene rings is 1. The molecule has 1 nitrogen and oxygen atoms in total. The molecule has 0 aliphatic heterocycles. The highest BCUT2D eigenvalue weighted by Crippen LogP contribution is 2.18. The molecule has 1 aromatic rings. The molecule has 1 aromatic carbocycles. The van der Waals surface area contributed by atoms with Crippen molar-refractivity contribution in [1.82, 2.24) is 0 Å². The first-order valence-electron chi connectivity index (χ1n) is 5.09. The zero-order valence-electron chi connectivity index (χ0n) is 8.64. The lowest BCUT2D eigenvalue weighted by Crippen LogP contribution is -1.96. The molecule has 0 saturated carbocycles. The van der Waals surface area contributed by atoms with Gasteiger partial charge in [-0.1, -0.05) is 38.0 Å². The third-order valence-electron chi connectivity index (χ3n) is 2.46. The molecular weight excluding hydrogens is 158 g/mol. The van der Waals surface area contributed by atoms with E-state index in [0.29, 0.717) is 0 Å². The molecule has 0 fully saturated rings. The van der Waals surface area contributed by atoms with Gasteiger partial charge >= 0.3 is 0 Å². The lowest BCUT2D eigenvalue weighted by molar-refractivity contribution is 0.718. The second kappa shape index (κ2) is 4.90. The lowest BCUT2D eigenvalue weighted by atomic mass is 10.0. The summed E-state index contributed by atoms with van der Waals surface area (Å²) in [6, 6.07) is 6.30. The summed E-state index contributed by atoms with van der Waals surface area (Å²) in [5, 5.41) is 0. The van der Waals surface area contributed by atoms with Crippen LogP contribution in [0.25, 0.3) is 0 Å². The quantitative estimate of drug-likeness (QED) is 0.554.